The minimum absolute atomic E-state index is 0.0162. The number of nitrogen functional groups attached to an aromatic ring is 1. The molecule has 10 N–H and O–H groups in total. The fourth-order valence-electron chi connectivity index (χ4n) is 5.32. The van der Waals surface area contributed by atoms with Crippen molar-refractivity contribution in [3.8, 4) is 0 Å². The van der Waals surface area contributed by atoms with Crippen LogP contribution in [0.1, 0.15) is 22.8 Å². The van der Waals surface area contributed by atoms with Gasteiger partial charge in [-0.3, -0.25) is 18.4 Å². The van der Waals surface area contributed by atoms with Crippen molar-refractivity contribution in [3.63, 3.8) is 0 Å². The van der Waals surface area contributed by atoms with Crippen molar-refractivity contribution in [1.29, 1.82) is 0 Å². The average molecular weight is 807 g/mol. The number of primary amides is 1. The Morgan fingerprint density at radius 3 is 2.25 bits per heavy atom. The molecule has 2 aliphatic rings. The van der Waals surface area contributed by atoms with Gasteiger partial charge in [0.1, 0.15) is 42.4 Å². The van der Waals surface area contributed by atoms with E-state index in [2.05, 4.69) is 19.3 Å². The summed E-state index contributed by atoms with van der Waals surface area (Å²) in [5.41, 5.74) is 11.6. The van der Waals surface area contributed by atoms with Crippen LogP contribution >= 0.6 is 39.0 Å². The number of fused-ring (bicyclic) bond motifs is 1. The van der Waals surface area contributed by atoms with E-state index >= 15 is 0 Å². The van der Waals surface area contributed by atoms with Gasteiger partial charge in [0, 0.05) is 16.0 Å². The number of amides is 1. The van der Waals surface area contributed by atoms with Crippen LogP contribution in [0.4, 0.5) is 5.82 Å². The molecule has 280 valence electrons. The normalized spacial score (nSPS) is 28.5. The van der Waals surface area contributed by atoms with Crippen LogP contribution in [0.5, 0.6) is 0 Å². The Hall–Kier alpha value is -3.15. The molecule has 6 rings (SSSR count). The number of anilines is 1. The molecule has 4 aromatic rings. The molecule has 0 radical (unpaired) electrons. The number of phosphoric ester groups is 2. The number of pyridine rings is 1. The second-order valence-corrected chi connectivity index (χ2v) is 15.9. The zero-order valence-electron chi connectivity index (χ0n) is 26.2. The lowest BCUT2D eigenvalue weighted by Crippen LogP contribution is -2.46. The van der Waals surface area contributed by atoms with E-state index in [0.29, 0.717) is 9.92 Å². The van der Waals surface area contributed by atoms with Crippen LogP contribution in [0.15, 0.2) is 65.2 Å². The number of carbonyl (C=O) groups is 1. The van der Waals surface area contributed by atoms with E-state index in [1.165, 1.54) is 33.7 Å². The molecule has 0 bridgehead atoms. The SMILES string of the molecule is NC(=O)c1ccc[n+]([C@@H]2O[C@H](COP(=O)(O)OP(=O)(O)OC[C@H]3O[C@@H](n4c(Sc5ccc(Cl)cc5)nc5c(N)ncnc54)[C@H](O)[C@@H]3O)[C@@H](O)[C@H]2O)c1. The quantitative estimate of drug-likeness (QED) is 0.0640. The minimum atomic E-state index is -5.44. The second kappa shape index (κ2) is 15.3. The van der Waals surface area contributed by atoms with Crippen LogP contribution < -0.4 is 16.0 Å². The van der Waals surface area contributed by atoms with Gasteiger partial charge in [-0.05, 0) is 30.3 Å². The van der Waals surface area contributed by atoms with Crippen LogP contribution in [-0.2, 0) is 32.0 Å². The molecule has 5 heterocycles. The Bertz CT molecular complexity index is 2050. The smallest absolute Gasteiger partial charge is 0.387 e. The molecule has 0 aliphatic carbocycles. The van der Waals surface area contributed by atoms with Gasteiger partial charge in [0.25, 0.3) is 12.1 Å². The fraction of sp³-hybridized carbons (Fsp3) is 0.370. The Morgan fingerprint density at radius 2 is 1.60 bits per heavy atom. The molecule has 0 saturated carbocycles. The van der Waals surface area contributed by atoms with Crippen LogP contribution in [0.25, 0.3) is 11.2 Å². The van der Waals surface area contributed by atoms with Crippen LogP contribution in [-0.4, -0.2) is 105 Å². The van der Waals surface area contributed by atoms with Gasteiger partial charge in [0.2, 0.25) is 0 Å². The van der Waals surface area contributed by atoms with Crippen molar-refractivity contribution < 1.29 is 71.5 Å². The number of aromatic nitrogens is 5. The van der Waals surface area contributed by atoms with Gasteiger partial charge >= 0.3 is 15.6 Å². The van der Waals surface area contributed by atoms with Gasteiger partial charge in [-0.25, -0.2) is 24.1 Å². The largest absolute Gasteiger partial charge is 0.481 e. The highest BCUT2D eigenvalue weighted by Crippen LogP contribution is 2.61. The molecule has 3 aromatic heterocycles. The number of hydrogen-bond acceptors (Lipinski definition) is 17. The number of ether oxygens (including phenoxy) is 2. The summed E-state index contributed by atoms with van der Waals surface area (Å²) in [6.07, 6.45) is -8.48. The highest BCUT2D eigenvalue weighted by molar-refractivity contribution is 7.99. The number of aliphatic hydroxyl groups excluding tert-OH is 4. The van der Waals surface area contributed by atoms with Gasteiger partial charge in [0.05, 0.1) is 13.2 Å². The fourth-order valence-corrected chi connectivity index (χ4v) is 8.44. The first-order valence-electron chi connectivity index (χ1n) is 14.9. The molecule has 10 atom stereocenters. The maximum absolute atomic E-state index is 12.7. The molecule has 2 aliphatic heterocycles. The van der Waals surface area contributed by atoms with E-state index in [9.17, 15) is 44.1 Å². The zero-order chi connectivity index (χ0) is 37.5. The summed E-state index contributed by atoms with van der Waals surface area (Å²) in [5, 5.41) is 43.4. The molecule has 2 saturated heterocycles. The third-order valence-electron chi connectivity index (χ3n) is 7.84. The molecule has 0 spiro atoms. The summed E-state index contributed by atoms with van der Waals surface area (Å²) in [6, 6.07) is 9.55. The van der Waals surface area contributed by atoms with Crippen LogP contribution in [0.3, 0.4) is 0 Å². The van der Waals surface area contributed by atoms with Crippen LogP contribution in [0.2, 0.25) is 5.02 Å². The molecule has 21 nitrogen and oxygen atoms in total. The van der Waals surface area contributed by atoms with Crippen molar-refractivity contribution in [3.05, 3.63) is 65.7 Å². The van der Waals surface area contributed by atoms with Crippen molar-refractivity contribution in [2.24, 2.45) is 5.73 Å². The van der Waals surface area contributed by atoms with Gasteiger partial charge < -0.3 is 51.2 Å². The van der Waals surface area contributed by atoms with Crippen molar-refractivity contribution >= 4 is 61.9 Å². The van der Waals surface area contributed by atoms with Gasteiger partial charge in [-0.15, -0.1) is 0 Å². The molecule has 1 amide bonds. The summed E-state index contributed by atoms with van der Waals surface area (Å²) in [5.74, 6) is -0.755. The predicted molar refractivity (Wildman–Crippen MR) is 175 cm³/mol. The van der Waals surface area contributed by atoms with E-state index in [-0.39, 0.29) is 27.7 Å². The number of hydrogen-bond donors (Lipinski definition) is 8. The lowest BCUT2D eigenvalue weighted by Gasteiger charge is -2.20. The minimum Gasteiger partial charge on any atom is -0.387 e. The molecule has 2 fully saturated rings. The summed E-state index contributed by atoms with van der Waals surface area (Å²) in [4.78, 5) is 45.2. The molecule has 25 heteroatoms. The maximum Gasteiger partial charge on any atom is 0.481 e. The monoisotopic (exact) mass is 806 g/mol. The Morgan fingerprint density at radius 1 is 0.962 bits per heavy atom. The first kappa shape index (κ1) is 38.6. The summed E-state index contributed by atoms with van der Waals surface area (Å²) in [7, 11) is -10.9. The maximum atomic E-state index is 12.7. The van der Waals surface area contributed by atoms with Gasteiger partial charge in [-0.1, -0.05) is 23.4 Å². The predicted octanol–water partition coefficient (Wildman–Crippen LogP) is -0.211. The summed E-state index contributed by atoms with van der Waals surface area (Å²) >= 11 is 7.12. The topological polar surface area (TPSA) is 318 Å². The van der Waals surface area contributed by atoms with Gasteiger partial charge in [-0.2, -0.15) is 8.88 Å². The zero-order valence-corrected chi connectivity index (χ0v) is 29.6. The first-order valence-corrected chi connectivity index (χ1v) is 19.1. The Labute approximate surface area is 301 Å². The van der Waals surface area contributed by atoms with E-state index in [0.717, 1.165) is 18.1 Å². The highest BCUT2D eigenvalue weighted by atomic mass is 35.5. The van der Waals surface area contributed by atoms with Crippen LogP contribution in [0, 0.1) is 0 Å². The van der Waals surface area contributed by atoms with Crippen molar-refractivity contribution in [2.75, 3.05) is 18.9 Å². The third-order valence-corrected chi connectivity index (χ3v) is 11.7. The van der Waals surface area contributed by atoms with E-state index < -0.39 is 83.8 Å². The molecule has 1 aromatic carbocycles. The number of halogens is 1. The van der Waals surface area contributed by atoms with Gasteiger partial charge in [0.15, 0.2) is 46.9 Å². The first-order chi connectivity index (χ1) is 24.5. The molecule has 52 heavy (non-hydrogen) atoms. The van der Waals surface area contributed by atoms with Crippen molar-refractivity contribution in [1.82, 2.24) is 19.5 Å². The number of aliphatic hydroxyl groups is 4. The average Bonchev–Trinajstić information content (AvgIpc) is 3.70. The number of nitrogens with zero attached hydrogens (tertiary/aromatic N) is 5. The lowest BCUT2D eigenvalue weighted by atomic mass is 10.1. The molecular formula is C27H31ClN7O14P2S+. The Balaban J connectivity index is 1.09. The standard InChI is InChI=1S/C27H30ClN7O14P2S/c28-13-3-5-14(6-4-13)52-27-33-17-22(29)31-11-32-24(17)35(27)26-21(39)19(37)16(48-26)10-46-51(43,44)49-50(41,42)45-9-15-18(36)20(38)25(47-15)34-7-1-2-12(8-34)23(30)40/h1-8,11,15-16,18-21,25-26,36-39H,9-10H2,(H5-,29,30,31,32,40,41,42,43,44)/p+1/t15-,16-,18-,19-,20-,21-,25-,26-/m1/s1. The lowest BCUT2D eigenvalue weighted by molar-refractivity contribution is -0.765. The third kappa shape index (κ3) is 8.31. The van der Waals surface area contributed by atoms with E-state index in [1.54, 1.807) is 24.3 Å². The number of phosphoric acid groups is 2. The second-order valence-electron chi connectivity index (χ2n) is 11.4. The number of carbonyl (C=O) groups excluding carboxylic acids is 1. The summed E-state index contributed by atoms with van der Waals surface area (Å²) < 4.78 is 53.1. The number of nitrogens with two attached hydrogens (primary N) is 2. The van der Waals surface area contributed by atoms with E-state index in [1.807, 2.05) is 0 Å². The highest BCUT2D eigenvalue weighted by Gasteiger charge is 2.50. The number of rotatable bonds is 13. The number of benzene rings is 1. The van der Waals surface area contributed by atoms with Crippen molar-refractivity contribution in [2.45, 2.75) is 59.1 Å². The Kier molecular flexibility index (Phi) is 11.3. The van der Waals surface area contributed by atoms with E-state index in [4.69, 9.17) is 41.6 Å². The molecule has 2 unspecified atom stereocenters. The summed E-state index contributed by atoms with van der Waals surface area (Å²) in [6.45, 7) is -1.86. The number of imidazole rings is 1. The molecular weight excluding hydrogens is 776 g/mol.